The van der Waals surface area contributed by atoms with Crippen LogP contribution < -0.4 is 10.1 Å². The molecular formula is C17H21N3O3S. The molecular weight excluding hydrogens is 326 g/mol. The van der Waals surface area contributed by atoms with Crippen LogP contribution in [0.15, 0.2) is 35.8 Å². The van der Waals surface area contributed by atoms with Gasteiger partial charge in [0.25, 0.3) is 0 Å². The summed E-state index contributed by atoms with van der Waals surface area (Å²) < 4.78 is 11.0. The second kappa shape index (κ2) is 8.12. The fourth-order valence-electron chi connectivity index (χ4n) is 2.70. The highest BCUT2D eigenvalue weighted by atomic mass is 32.1. The third kappa shape index (κ3) is 4.46. The van der Waals surface area contributed by atoms with Crippen molar-refractivity contribution in [3.8, 4) is 5.75 Å². The highest BCUT2D eigenvalue weighted by Crippen LogP contribution is 2.19. The second-order valence-electron chi connectivity index (χ2n) is 5.63. The van der Waals surface area contributed by atoms with Crippen molar-refractivity contribution in [3.05, 3.63) is 41.4 Å². The van der Waals surface area contributed by atoms with Crippen LogP contribution in [0.2, 0.25) is 0 Å². The lowest BCUT2D eigenvalue weighted by Crippen LogP contribution is -2.39. The molecule has 1 saturated heterocycles. The Hall–Kier alpha value is -2.12. The van der Waals surface area contributed by atoms with Crippen LogP contribution in [0.5, 0.6) is 5.75 Å². The van der Waals surface area contributed by atoms with Gasteiger partial charge in [-0.1, -0.05) is 12.1 Å². The molecule has 1 aliphatic heterocycles. The molecule has 0 saturated carbocycles. The summed E-state index contributed by atoms with van der Waals surface area (Å²) in [7, 11) is 1.64. The van der Waals surface area contributed by atoms with Gasteiger partial charge in [0.2, 0.25) is 0 Å². The number of methoxy groups -OCH3 is 1. The standard InChI is InChI=1S/C17H21N3O3S/c1-22-14-5-2-4-13(10-14)11-20(12-15-6-3-8-23-15)17(21)19-16-18-7-9-24-16/h2,4-5,7,9-10,15H,3,6,8,11-12H2,1H3,(H,18,19,21)/t15-/m0/s1. The van der Waals surface area contributed by atoms with Crippen molar-refractivity contribution in [2.75, 3.05) is 25.6 Å². The molecule has 0 bridgehead atoms. The number of rotatable bonds is 6. The minimum Gasteiger partial charge on any atom is -0.497 e. The number of aromatic nitrogens is 1. The summed E-state index contributed by atoms with van der Waals surface area (Å²) in [5.74, 6) is 0.782. The minimum atomic E-state index is -0.164. The maximum Gasteiger partial charge on any atom is 0.324 e. The number of benzene rings is 1. The van der Waals surface area contributed by atoms with Crippen molar-refractivity contribution in [2.45, 2.75) is 25.5 Å². The van der Waals surface area contributed by atoms with Crippen LogP contribution in [0.4, 0.5) is 9.93 Å². The van der Waals surface area contributed by atoms with Gasteiger partial charge < -0.3 is 14.4 Å². The number of amides is 2. The first-order chi connectivity index (χ1) is 11.7. The third-order valence-electron chi connectivity index (χ3n) is 3.89. The summed E-state index contributed by atoms with van der Waals surface area (Å²) >= 11 is 1.40. The van der Waals surface area contributed by atoms with Crippen LogP contribution in [0.25, 0.3) is 0 Å². The molecule has 1 aliphatic rings. The number of thiazole rings is 1. The molecule has 0 spiro atoms. The highest BCUT2D eigenvalue weighted by Gasteiger charge is 2.23. The van der Waals surface area contributed by atoms with E-state index in [1.807, 2.05) is 29.6 Å². The van der Waals surface area contributed by atoms with E-state index in [1.54, 1.807) is 18.2 Å². The van der Waals surface area contributed by atoms with Crippen LogP contribution >= 0.6 is 11.3 Å². The number of hydrogen-bond acceptors (Lipinski definition) is 5. The number of ether oxygens (including phenoxy) is 2. The van der Waals surface area contributed by atoms with Gasteiger partial charge in [0.15, 0.2) is 5.13 Å². The van der Waals surface area contributed by atoms with Gasteiger partial charge in [-0.15, -0.1) is 11.3 Å². The molecule has 1 atom stereocenters. The molecule has 7 heteroatoms. The van der Waals surface area contributed by atoms with Crippen LogP contribution in [-0.2, 0) is 11.3 Å². The van der Waals surface area contributed by atoms with E-state index >= 15 is 0 Å². The van der Waals surface area contributed by atoms with Crippen molar-refractivity contribution in [1.29, 1.82) is 0 Å². The van der Waals surface area contributed by atoms with E-state index < -0.39 is 0 Å². The predicted octanol–water partition coefficient (Wildman–Crippen LogP) is 3.36. The Bertz CT molecular complexity index is 657. The van der Waals surface area contributed by atoms with Gasteiger partial charge in [-0.3, -0.25) is 5.32 Å². The number of nitrogens with one attached hydrogen (secondary N) is 1. The summed E-state index contributed by atoms with van der Waals surface area (Å²) in [6.07, 6.45) is 3.80. The Morgan fingerprint density at radius 2 is 2.46 bits per heavy atom. The van der Waals surface area contributed by atoms with Gasteiger partial charge in [0.1, 0.15) is 5.75 Å². The fourth-order valence-corrected chi connectivity index (χ4v) is 3.22. The van der Waals surface area contributed by atoms with Crippen LogP contribution in [-0.4, -0.2) is 42.3 Å². The van der Waals surface area contributed by atoms with Crippen LogP contribution in [0.1, 0.15) is 18.4 Å². The Morgan fingerprint density at radius 1 is 1.54 bits per heavy atom. The quantitative estimate of drug-likeness (QED) is 0.870. The summed E-state index contributed by atoms with van der Waals surface area (Å²) in [6, 6.07) is 7.59. The Balaban J connectivity index is 1.71. The SMILES string of the molecule is COc1cccc(CN(C[C@@H]2CCCO2)C(=O)Nc2nccs2)c1. The zero-order chi connectivity index (χ0) is 16.8. The van der Waals surface area contributed by atoms with Crippen molar-refractivity contribution < 1.29 is 14.3 Å². The van der Waals surface area contributed by atoms with E-state index in [0.717, 1.165) is 30.8 Å². The van der Waals surface area contributed by atoms with Gasteiger partial charge in [-0.05, 0) is 30.5 Å². The molecule has 24 heavy (non-hydrogen) atoms. The molecule has 0 unspecified atom stereocenters. The maximum atomic E-state index is 12.7. The van der Waals surface area contributed by atoms with E-state index in [9.17, 15) is 4.79 Å². The minimum absolute atomic E-state index is 0.0950. The molecule has 0 radical (unpaired) electrons. The average Bonchev–Trinajstić information content (AvgIpc) is 3.28. The highest BCUT2D eigenvalue weighted by molar-refractivity contribution is 7.13. The lowest BCUT2D eigenvalue weighted by atomic mass is 10.2. The lowest BCUT2D eigenvalue weighted by molar-refractivity contribution is 0.0819. The number of carbonyl (C=O) groups is 1. The normalized spacial score (nSPS) is 16.8. The number of nitrogens with zero attached hydrogens (tertiary/aromatic N) is 2. The molecule has 1 aromatic heterocycles. The maximum absolute atomic E-state index is 12.7. The first-order valence-electron chi connectivity index (χ1n) is 7.94. The smallest absolute Gasteiger partial charge is 0.324 e. The number of carbonyl (C=O) groups excluding carboxylic acids is 1. The molecule has 1 N–H and O–H groups in total. The molecule has 128 valence electrons. The molecule has 2 aromatic rings. The van der Waals surface area contributed by atoms with Gasteiger partial charge in [0.05, 0.1) is 13.2 Å². The van der Waals surface area contributed by atoms with Gasteiger partial charge in [-0.25, -0.2) is 9.78 Å². The van der Waals surface area contributed by atoms with Crippen molar-refractivity contribution in [2.24, 2.45) is 0 Å². The average molecular weight is 347 g/mol. The second-order valence-corrected chi connectivity index (χ2v) is 6.53. The van der Waals surface area contributed by atoms with Crippen molar-refractivity contribution in [1.82, 2.24) is 9.88 Å². The summed E-state index contributed by atoms with van der Waals surface area (Å²) in [4.78, 5) is 18.5. The van der Waals surface area contributed by atoms with Crippen molar-refractivity contribution >= 4 is 22.5 Å². The third-order valence-corrected chi connectivity index (χ3v) is 4.58. The number of urea groups is 1. The van der Waals surface area contributed by atoms with E-state index in [4.69, 9.17) is 9.47 Å². The largest absolute Gasteiger partial charge is 0.497 e. The van der Waals surface area contributed by atoms with Crippen LogP contribution in [0.3, 0.4) is 0 Å². The van der Waals surface area contributed by atoms with Gasteiger partial charge >= 0.3 is 6.03 Å². The van der Waals surface area contributed by atoms with E-state index in [1.165, 1.54) is 11.3 Å². The Labute approximate surface area is 145 Å². The zero-order valence-corrected chi connectivity index (χ0v) is 14.4. The topological polar surface area (TPSA) is 63.7 Å². The predicted molar refractivity (Wildman–Crippen MR) is 93.5 cm³/mol. The fraction of sp³-hybridized carbons (Fsp3) is 0.412. The van der Waals surface area contributed by atoms with Crippen LogP contribution in [0, 0.1) is 0 Å². The monoisotopic (exact) mass is 347 g/mol. The Kier molecular flexibility index (Phi) is 5.66. The van der Waals surface area contributed by atoms with E-state index in [-0.39, 0.29) is 12.1 Å². The van der Waals surface area contributed by atoms with E-state index in [2.05, 4.69) is 10.3 Å². The number of anilines is 1. The first-order valence-corrected chi connectivity index (χ1v) is 8.82. The Morgan fingerprint density at radius 3 is 3.17 bits per heavy atom. The number of hydrogen-bond donors (Lipinski definition) is 1. The molecule has 1 aromatic carbocycles. The summed E-state index contributed by atoms with van der Waals surface area (Å²) in [6.45, 7) is 1.83. The lowest BCUT2D eigenvalue weighted by Gasteiger charge is -2.25. The summed E-state index contributed by atoms with van der Waals surface area (Å²) in [5, 5.41) is 5.29. The van der Waals surface area contributed by atoms with Gasteiger partial charge in [-0.2, -0.15) is 0 Å². The van der Waals surface area contributed by atoms with E-state index in [0.29, 0.717) is 18.2 Å². The molecule has 2 heterocycles. The van der Waals surface area contributed by atoms with Gasteiger partial charge in [0, 0.05) is 31.3 Å². The van der Waals surface area contributed by atoms with Crippen molar-refractivity contribution in [3.63, 3.8) is 0 Å². The molecule has 1 fully saturated rings. The molecule has 6 nitrogen and oxygen atoms in total. The molecule has 2 amide bonds. The molecule has 3 rings (SSSR count). The molecule has 0 aliphatic carbocycles. The summed E-state index contributed by atoms with van der Waals surface area (Å²) in [5.41, 5.74) is 1.02. The first kappa shape index (κ1) is 16.7. The zero-order valence-electron chi connectivity index (χ0n) is 13.6.